The number of amidine groups is 1. The number of amides is 1. The van der Waals surface area contributed by atoms with Crippen molar-refractivity contribution in [3.8, 4) is 0 Å². The number of aryl methyl sites for hydroxylation is 1. The van der Waals surface area contributed by atoms with Gasteiger partial charge in [-0.1, -0.05) is 66.4 Å². The predicted molar refractivity (Wildman–Crippen MR) is 102 cm³/mol. The standard InChI is InChI=1S/C21H18N2OS/c24-18-12-13-25-21-22-17-11-10-14-6-4-5-9-16(14)19(17)20(23(18)21)15-7-2-1-3-8-15/h1-9,20H,10-13H2. The zero-order valence-corrected chi connectivity index (χ0v) is 14.6. The number of carbonyl (C=O) groups is 1. The monoisotopic (exact) mass is 346 g/mol. The maximum atomic E-state index is 12.8. The van der Waals surface area contributed by atoms with E-state index in [0.717, 1.165) is 35.0 Å². The van der Waals surface area contributed by atoms with Crippen molar-refractivity contribution in [3.05, 3.63) is 77.0 Å². The highest BCUT2D eigenvalue weighted by molar-refractivity contribution is 8.14. The predicted octanol–water partition coefficient (Wildman–Crippen LogP) is 4.42. The molecule has 2 aromatic carbocycles. The molecule has 0 saturated carbocycles. The maximum absolute atomic E-state index is 12.8. The Kier molecular flexibility index (Phi) is 3.52. The average molecular weight is 346 g/mol. The molecule has 1 aliphatic carbocycles. The van der Waals surface area contributed by atoms with Gasteiger partial charge in [-0.3, -0.25) is 9.69 Å². The van der Waals surface area contributed by atoms with Crippen molar-refractivity contribution in [2.45, 2.75) is 25.3 Å². The molecule has 0 spiro atoms. The van der Waals surface area contributed by atoms with Gasteiger partial charge in [-0.2, -0.15) is 0 Å². The fourth-order valence-corrected chi connectivity index (χ4v) is 5.01. The number of fused-ring (bicyclic) bond motifs is 3. The van der Waals surface area contributed by atoms with Crippen LogP contribution in [0.25, 0.3) is 5.57 Å². The fraction of sp³-hybridized carbons (Fsp3) is 0.238. The van der Waals surface area contributed by atoms with Crippen LogP contribution < -0.4 is 0 Å². The molecule has 4 heteroatoms. The lowest BCUT2D eigenvalue weighted by atomic mass is 9.81. The molecule has 2 heterocycles. The van der Waals surface area contributed by atoms with Gasteiger partial charge in [-0.15, -0.1) is 0 Å². The number of benzene rings is 2. The molecule has 25 heavy (non-hydrogen) atoms. The van der Waals surface area contributed by atoms with Crippen LogP contribution in [-0.2, 0) is 11.2 Å². The lowest BCUT2D eigenvalue weighted by Gasteiger charge is -2.42. The van der Waals surface area contributed by atoms with E-state index in [-0.39, 0.29) is 11.9 Å². The summed E-state index contributed by atoms with van der Waals surface area (Å²) in [4.78, 5) is 19.7. The van der Waals surface area contributed by atoms with Crippen LogP contribution in [0, 0.1) is 0 Å². The first-order valence-corrected chi connectivity index (χ1v) is 9.71. The van der Waals surface area contributed by atoms with Crippen molar-refractivity contribution < 1.29 is 4.79 Å². The first-order valence-electron chi connectivity index (χ1n) is 8.73. The summed E-state index contributed by atoms with van der Waals surface area (Å²) in [5.74, 6) is 1.01. The Morgan fingerprint density at radius 1 is 0.960 bits per heavy atom. The van der Waals surface area contributed by atoms with E-state index in [1.807, 2.05) is 11.0 Å². The lowest BCUT2D eigenvalue weighted by molar-refractivity contribution is -0.128. The molecule has 3 aliphatic rings. The quantitative estimate of drug-likeness (QED) is 0.766. The highest BCUT2D eigenvalue weighted by Crippen LogP contribution is 2.48. The molecule has 1 fully saturated rings. The molecule has 1 saturated heterocycles. The van der Waals surface area contributed by atoms with Crippen LogP contribution in [0.5, 0.6) is 0 Å². The van der Waals surface area contributed by atoms with Gasteiger partial charge >= 0.3 is 0 Å². The van der Waals surface area contributed by atoms with E-state index >= 15 is 0 Å². The second-order valence-electron chi connectivity index (χ2n) is 6.59. The topological polar surface area (TPSA) is 32.7 Å². The van der Waals surface area contributed by atoms with Crippen molar-refractivity contribution in [2.75, 3.05) is 5.75 Å². The third-order valence-corrected chi connectivity index (χ3v) is 6.10. The van der Waals surface area contributed by atoms with Crippen molar-refractivity contribution in [1.82, 2.24) is 4.90 Å². The normalized spacial score (nSPS) is 22.1. The summed E-state index contributed by atoms with van der Waals surface area (Å²) < 4.78 is 0. The van der Waals surface area contributed by atoms with E-state index in [1.165, 1.54) is 16.7 Å². The number of aliphatic imine (C=N–C) groups is 1. The van der Waals surface area contributed by atoms with Crippen molar-refractivity contribution in [2.24, 2.45) is 4.99 Å². The van der Waals surface area contributed by atoms with Crippen LogP contribution in [0.15, 0.2) is 65.3 Å². The van der Waals surface area contributed by atoms with E-state index in [4.69, 9.17) is 4.99 Å². The Hall–Kier alpha value is -2.33. The summed E-state index contributed by atoms with van der Waals surface area (Å²) in [5.41, 5.74) is 6.14. The van der Waals surface area contributed by atoms with Gasteiger partial charge in [-0.05, 0) is 29.5 Å². The van der Waals surface area contributed by atoms with E-state index in [9.17, 15) is 4.79 Å². The molecule has 0 bridgehead atoms. The summed E-state index contributed by atoms with van der Waals surface area (Å²) in [5, 5.41) is 0.878. The molecule has 5 rings (SSSR count). The Morgan fingerprint density at radius 2 is 1.76 bits per heavy atom. The first-order chi connectivity index (χ1) is 12.3. The molecule has 1 atom stereocenters. The lowest BCUT2D eigenvalue weighted by Crippen LogP contribution is -2.44. The first kappa shape index (κ1) is 15.0. The van der Waals surface area contributed by atoms with Crippen LogP contribution in [0.2, 0.25) is 0 Å². The minimum absolute atomic E-state index is 0.0644. The Labute approximate surface area is 151 Å². The third kappa shape index (κ3) is 2.35. The largest absolute Gasteiger partial charge is 0.279 e. The molecule has 3 nitrogen and oxygen atoms in total. The van der Waals surface area contributed by atoms with Crippen LogP contribution in [0.1, 0.15) is 35.6 Å². The van der Waals surface area contributed by atoms with E-state index < -0.39 is 0 Å². The zero-order chi connectivity index (χ0) is 16.8. The van der Waals surface area contributed by atoms with Gasteiger partial charge in [0.25, 0.3) is 0 Å². The Balaban J connectivity index is 1.76. The highest BCUT2D eigenvalue weighted by atomic mass is 32.2. The number of nitrogens with zero attached hydrogens (tertiary/aromatic N) is 2. The molecule has 2 aromatic rings. The molecule has 0 radical (unpaired) electrons. The van der Waals surface area contributed by atoms with Crippen molar-refractivity contribution in [1.29, 1.82) is 0 Å². The van der Waals surface area contributed by atoms with E-state index in [2.05, 4.69) is 48.5 Å². The van der Waals surface area contributed by atoms with E-state index in [1.54, 1.807) is 11.8 Å². The number of allylic oxidation sites excluding steroid dienone is 1. The van der Waals surface area contributed by atoms with Crippen LogP contribution in [0.4, 0.5) is 0 Å². The maximum Gasteiger partial charge on any atom is 0.230 e. The summed E-state index contributed by atoms with van der Waals surface area (Å²) in [6.45, 7) is 0. The third-order valence-electron chi connectivity index (χ3n) is 5.15. The van der Waals surface area contributed by atoms with Gasteiger partial charge in [0.15, 0.2) is 5.17 Å². The van der Waals surface area contributed by atoms with Gasteiger partial charge in [0.05, 0.1) is 6.04 Å². The second-order valence-corrected chi connectivity index (χ2v) is 7.65. The summed E-state index contributed by atoms with van der Waals surface area (Å²) in [6, 6.07) is 18.9. The molecular formula is C21H18N2OS. The molecule has 0 aromatic heterocycles. The second kappa shape index (κ2) is 5.88. The fourth-order valence-electron chi connectivity index (χ4n) is 4.03. The summed E-state index contributed by atoms with van der Waals surface area (Å²) in [6.07, 6.45) is 2.55. The molecular weight excluding hydrogens is 328 g/mol. The highest BCUT2D eigenvalue weighted by Gasteiger charge is 2.41. The van der Waals surface area contributed by atoms with Gasteiger partial charge in [-0.25, -0.2) is 4.99 Å². The van der Waals surface area contributed by atoms with Crippen LogP contribution in [0.3, 0.4) is 0 Å². The summed E-state index contributed by atoms with van der Waals surface area (Å²) >= 11 is 1.71. The minimum atomic E-state index is -0.0644. The zero-order valence-electron chi connectivity index (χ0n) is 13.8. The summed E-state index contributed by atoms with van der Waals surface area (Å²) in [7, 11) is 0. The number of thioether (sulfide) groups is 1. The van der Waals surface area contributed by atoms with Gasteiger partial charge in [0, 0.05) is 23.4 Å². The SMILES string of the molecule is O=C1CCSC2=NC3=C(c4ccccc4CC3)C(c3ccccc3)N12. The molecule has 124 valence electrons. The minimum Gasteiger partial charge on any atom is -0.279 e. The number of rotatable bonds is 1. The molecule has 0 N–H and O–H groups in total. The number of hydrogen-bond acceptors (Lipinski definition) is 3. The smallest absolute Gasteiger partial charge is 0.230 e. The molecule has 1 unspecified atom stereocenters. The van der Waals surface area contributed by atoms with Crippen molar-refractivity contribution >= 4 is 28.4 Å². The van der Waals surface area contributed by atoms with Crippen LogP contribution >= 0.6 is 11.8 Å². The van der Waals surface area contributed by atoms with E-state index in [0.29, 0.717) is 6.42 Å². The van der Waals surface area contributed by atoms with Gasteiger partial charge < -0.3 is 0 Å². The Bertz CT molecular complexity index is 917. The number of hydrogen-bond donors (Lipinski definition) is 0. The molecule has 2 aliphatic heterocycles. The Morgan fingerprint density at radius 3 is 2.64 bits per heavy atom. The van der Waals surface area contributed by atoms with Crippen LogP contribution in [-0.4, -0.2) is 21.7 Å². The van der Waals surface area contributed by atoms with Crippen molar-refractivity contribution in [3.63, 3.8) is 0 Å². The van der Waals surface area contributed by atoms with Gasteiger partial charge in [0.1, 0.15) is 0 Å². The van der Waals surface area contributed by atoms with Gasteiger partial charge in [0.2, 0.25) is 5.91 Å². The average Bonchev–Trinajstić information content (AvgIpc) is 2.67. The number of carbonyl (C=O) groups excluding carboxylic acids is 1. The molecule has 1 amide bonds.